The van der Waals surface area contributed by atoms with Crippen LogP contribution in [-0.4, -0.2) is 40.7 Å². The number of aromatic carboxylic acids is 1. The minimum atomic E-state index is -1.45. The van der Waals surface area contributed by atoms with E-state index in [1.807, 2.05) is 6.92 Å². The molecule has 2 unspecified atom stereocenters. The van der Waals surface area contributed by atoms with Gasteiger partial charge in [-0.05, 0) is 18.9 Å². The van der Waals surface area contributed by atoms with Crippen molar-refractivity contribution < 1.29 is 23.5 Å². The van der Waals surface area contributed by atoms with Gasteiger partial charge < -0.3 is 19.9 Å². The van der Waals surface area contributed by atoms with Gasteiger partial charge in [0.2, 0.25) is 11.3 Å². The number of carboxylic acids is 1. The largest absolute Gasteiger partial charge is 0.477 e. The van der Waals surface area contributed by atoms with Gasteiger partial charge in [0.25, 0.3) is 0 Å². The number of pyridine rings is 1. The smallest absolute Gasteiger partial charge is 0.341 e. The number of nitrogens with zero attached hydrogens (tertiary/aromatic N) is 2. The zero-order valence-electron chi connectivity index (χ0n) is 15.8. The normalized spacial score (nSPS) is 19.2. The van der Waals surface area contributed by atoms with E-state index in [0.717, 1.165) is 12.3 Å². The molecule has 1 saturated heterocycles. The number of rotatable bonds is 4. The van der Waals surface area contributed by atoms with Crippen molar-refractivity contribution in [2.24, 2.45) is 5.92 Å². The molecule has 1 amide bonds. The molecule has 2 N–H and O–H groups in total. The molecule has 1 aliphatic heterocycles. The molecule has 150 valence electrons. The molecule has 1 aliphatic rings. The second-order valence-electron chi connectivity index (χ2n) is 7.07. The van der Waals surface area contributed by atoms with Gasteiger partial charge in [-0.25, -0.2) is 13.6 Å². The van der Waals surface area contributed by atoms with E-state index in [-0.39, 0.29) is 47.5 Å². The fourth-order valence-electron chi connectivity index (χ4n) is 3.77. The second kappa shape index (κ2) is 7.21. The molecule has 0 spiro atoms. The molecule has 2 heterocycles. The molecule has 2 aromatic rings. The number of carbonyl (C=O) groups is 2. The topological polar surface area (TPSA) is 91.6 Å². The highest BCUT2D eigenvalue weighted by atomic mass is 19.1. The minimum absolute atomic E-state index is 0.0267. The SMILES string of the molecule is CCn1cc(C(=O)O)c(=O)c2cc(F)c(N3CC(C)C(NC(C)=O)C3)c(F)c21. The van der Waals surface area contributed by atoms with Gasteiger partial charge >= 0.3 is 5.97 Å². The molecule has 7 nitrogen and oxygen atoms in total. The van der Waals surface area contributed by atoms with Gasteiger partial charge in [0.1, 0.15) is 17.1 Å². The summed E-state index contributed by atoms with van der Waals surface area (Å²) in [5.74, 6) is -3.56. The molecule has 1 fully saturated rings. The van der Waals surface area contributed by atoms with Crippen LogP contribution in [0.1, 0.15) is 31.1 Å². The van der Waals surface area contributed by atoms with Crippen molar-refractivity contribution in [1.29, 1.82) is 0 Å². The summed E-state index contributed by atoms with van der Waals surface area (Å²) in [6.45, 7) is 5.68. The average molecular weight is 393 g/mol. The number of benzene rings is 1. The summed E-state index contributed by atoms with van der Waals surface area (Å²) >= 11 is 0. The van der Waals surface area contributed by atoms with Gasteiger partial charge in [-0.3, -0.25) is 9.59 Å². The predicted octanol–water partition coefficient (Wildman–Crippen LogP) is 1.96. The minimum Gasteiger partial charge on any atom is -0.477 e. The Morgan fingerprint density at radius 2 is 2.00 bits per heavy atom. The zero-order valence-corrected chi connectivity index (χ0v) is 15.8. The first-order valence-electron chi connectivity index (χ1n) is 8.96. The number of carbonyl (C=O) groups excluding carboxylic acids is 1. The third kappa shape index (κ3) is 3.21. The Balaban J connectivity index is 2.19. The molecular formula is C19H21F2N3O4. The number of carboxylic acid groups (broad SMARTS) is 1. The van der Waals surface area contributed by atoms with Crippen LogP contribution < -0.4 is 15.6 Å². The van der Waals surface area contributed by atoms with E-state index >= 15 is 4.39 Å². The molecule has 0 aliphatic carbocycles. The second-order valence-corrected chi connectivity index (χ2v) is 7.07. The Hall–Kier alpha value is -2.97. The number of hydrogen-bond donors (Lipinski definition) is 2. The highest BCUT2D eigenvalue weighted by molar-refractivity contribution is 5.93. The number of fused-ring (bicyclic) bond motifs is 1. The lowest BCUT2D eigenvalue weighted by Gasteiger charge is -2.22. The number of hydrogen-bond acceptors (Lipinski definition) is 4. The van der Waals surface area contributed by atoms with E-state index in [9.17, 15) is 23.9 Å². The van der Waals surface area contributed by atoms with Gasteiger partial charge in [-0.15, -0.1) is 0 Å². The summed E-state index contributed by atoms with van der Waals surface area (Å²) in [5.41, 5.74) is -1.88. The zero-order chi connectivity index (χ0) is 20.7. The van der Waals surface area contributed by atoms with Crippen molar-refractivity contribution in [2.45, 2.75) is 33.4 Å². The number of amides is 1. The summed E-state index contributed by atoms with van der Waals surface area (Å²) in [4.78, 5) is 36.6. The Morgan fingerprint density at radius 3 is 2.57 bits per heavy atom. The van der Waals surface area contributed by atoms with Gasteiger partial charge in [-0.2, -0.15) is 0 Å². The van der Waals surface area contributed by atoms with E-state index in [0.29, 0.717) is 6.54 Å². The molecule has 1 aromatic carbocycles. The van der Waals surface area contributed by atoms with Crippen molar-refractivity contribution in [1.82, 2.24) is 9.88 Å². The molecule has 0 radical (unpaired) electrons. The average Bonchev–Trinajstić information content (AvgIpc) is 2.95. The molecule has 9 heteroatoms. The van der Waals surface area contributed by atoms with Crippen molar-refractivity contribution in [2.75, 3.05) is 18.0 Å². The Bertz CT molecular complexity index is 1030. The number of aryl methyl sites for hydroxylation is 1. The summed E-state index contributed by atoms with van der Waals surface area (Å²) in [5, 5.41) is 11.7. The third-order valence-corrected chi connectivity index (χ3v) is 5.12. The molecular weight excluding hydrogens is 372 g/mol. The van der Waals surface area contributed by atoms with E-state index in [2.05, 4.69) is 5.32 Å². The molecule has 0 saturated carbocycles. The lowest BCUT2D eigenvalue weighted by molar-refractivity contribution is -0.119. The van der Waals surface area contributed by atoms with Crippen molar-refractivity contribution in [3.63, 3.8) is 0 Å². The quantitative estimate of drug-likeness (QED) is 0.829. The molecule has 0 bridgehead atoms. The van der Waals surface area contributed by atoms with Gasteiger partial charge in [0.05, 0.1) is 16.9 Å². The first kappa shape index (κ1) is 19.8. The van der Waals surface area contributed by atoms with Crippen LogP contribution in [-0.2, 0) is 11.3 Å². The summed E-state index contributed by atoms with van der Waals surface area (Å²) in [7, 11) is 0. The lowest BCUT2D eigenvalue weighted by Crippen LogP contribution is -2.38. The lowest BCUT2D eigenvalue weighted by atomic mass is 10.1. The summed E-state index contributed by atoms with van der Waals surface area (Å²) in [6.07, 6.45) is 1.07. The predicted molar refractivity (Wildman–Crippen MR) is 99.7 cm³/mol. The van der Waals surface area contributed by atoms with Gasteiger partial charge in [0.15, 0.2) is 5.82 Å². The van der Waals surface area contributed by atoms with Crippen LogP contribution >= 0.6 is 0 Å². The maximum absolute atomic E-state index is 15.4. The number of anilines is 1. The van der Waals surface area contributed by atoms with Crippen molar-refractivity contribution >= 4 is 28.5 Å². The molecule has 28 heavy (non-hydrogen) atoms. The van der Waals surface area contributed by atoms with E-state index < -0.39 is 28.6 Å². The Morgan fingerprint density at radius 1 is 1.32 bits per heavy atom. The van der Waals surface area contributed by atoms with Crippen LogP contribution in [0.15, 0.2) is 17.1 Å². The van der Waals surface area contributed by atoms with Crippen molar-refractivity contribution in [3.05, 3.63) is 39.7 Å². The van der Waals surface area contributed by atoms with Gasteiger partial charge in [0, 0.05) is 32.8 Å². The maximum Gasteiger partial charge on any atom is 0.341 e. The van der Waals surface area contributed by atoms with Crippen molar-refractivity contribution in [3.8, 4) is 0 Å². The van der Waals surface area contributed by atoms with Crippen LogP contribution in [0.4, 0.5) is 14.5 Å². The third-order valence-electron chi connectivity index (χ3n) is 5.12. The van der Waals surface area contributed by atoms with Crippen LogP contribution in [0, 0.1) is 17.6 Å². The van der Waals surface area contributed by atoms with Gasteiger partial charge in [-0.1, -0.05) is 6.92 Å². The van der Waals surface area contributed by atoms with Crippen LogP contribution in [0.3, 0.4) is 0 Å². The summed E-state index contributed by atoms with van der Waals surface area (Å²) in [6, 6.07) is 0.639. The molecule has 2 atom stereocenters. The van der Waals surface area contributed by atoms with Crippen LogP contribution in [0.5, 0.6) is 0 Å². The van der Waals surface area contributed by atoms with E-state index in [1.165, 1.54) is 16.4 Å². The number of nitrogens with one attached hydrogen (secondary N) is 1. The highest BCUT2D eigenvalue weighted by Crippen LogP contribution is 2.33. The van der Waals surface area contributed by atoms with E-state index in [4.69, 9.17) is 0 Å². The highest BCUT2D eigenvalue weighted by Gasteiger charge is 2.34. The summed E-state index contributed by atoms with van der Waals surface area (Å²) < 4.78 is 31.5. The van der Waals surface area contributed by atoms with E-state index in [1.54, 1.807) is 6.92 Å². The number of aromatic nitrogens is 1. The standard InChI is InChI=1S/C19H21F2N3O4/c1-4-23-7-12(19(27)28)18(26)11-5-13(20)17(15(21)16(11)23)24-6-9(2)14(8-24)22-10(3)25/h5,7,9,14H,4,6,8H2,1-3H3,(H,22,25)(H,27,28). The maximum atomic E-state index is 15.4. The molecule has 3 rings (SSSR count). The Labute approximate surface area is 159 Å². The Kier molecular flexibility index (Phi) is 5.10. The fraction of sp³-hybridized carbons (Fsp3) is 0.421. The van der Waals surface area contributed by atoms with Crippen LogP contribution in [0.2, 0.25) is 0 Å². The van der Waals surface area contributed by atoms with Crippen LogP contribution in [0.25, 0.3) is 10.9 Å². The monoisotopic (exact) mass is 393 g/mol. The fourth-order valence-corrected chi connectivity index (χ4v) is 3.77. The first-order valence-corrected chi connectivity index (χ1v) is 8.96. The number of halogens is 2. The first-order chi connectivity index (χ1) is 13.1. The molecule has 1 aromatic heterocycles.